The summed E-state index contributed by atoms with van der Waals surface area (Å²) in [6, 6.07) is 20.1. The van der Waals surface area contributed by atoms with Gasteiger partial charge < -0.3 is 0 Å². The maximum Gasteiger partial charge on any atom is 0.287 e. The summed E-state index contributed by atoms with van der Waals surface area (Å²) in [5.41, 5.74) is 4.74. The fraction of sp³-hybridized carbons (Fsp3) is 0. The second-order valence-corrected chi connectivity index (χ2v) is 5.95. The molecule has 4 rings (SSSR count). The molecule has 0 aliphatic rings. The van der Waals surface area contributed by atoms with Gasteiger partial charge in [0.05, 0.1) is 38.2 Å². The van der Waals surface area contributed by atoms with Crippen LogP contribution in [0.3, 0.4) is 0 Å². The summed E-state index contributed by atoms with van der Waals surface area (Å²) in [6.07, 6.45) is 0. The van der Waals surface area contributed by atoms with Crippen LogP contribution in [-0.2, 0) is 0 Å². The third-order valence-corrected chi connectivity index (χ3v) is 4.21. The Morgan fingerprint density at radius 2 is 1.57 bits per heavy atom. The lowest BCUT2D eigenvalue weighted by atomic mass is 10.1. The number of nitro benzene ring substituents is 2. The second-order valence-electron chi connectivity index (χ2n) is 5.95. The number of non-ortho nitro benzene ring substituents is 1. The topological polar surface area (TPSA) is 116 Å². The highest BCUT2D eigenvalue weighted by Gasteiger charge is 2.25. The molecule has 0 bridgehead atoms. The molecule has 1 heterocycles. The summed E-state index contributed by atoms with van der Waals surface area (Å²) in [5, 5.41) is 22.6. The van der Waals surface area contributed by atoms with E-state index in [1.807, 2.05) is 48.5 Å². The van der Waals surface area contributed by atoms with Gasteiger partial charge in [-0.05, 0) is 30.3 Å². The number of fused-ring (bicyclic) bond motifs is 1. The summed E-state index contributed by atoms with van der Waals surface area (Å²) in [5.74, 6) is 0.284. The monoisotopic (exact) mass is 375 g/mol. The average molecular weight is 375 g/mol. The standard InChI is InChI=1S/C19H13N5O4/c25-23(26)14-10-11-15(18(12-14)24(27)28)19-20-16-8-4-5-9-17(16)22(19)21-13-6-2-1-3-7-13/h1-12,21H. The highest BCUT2D eigenvalue weighted by molar-refractivity contribution is 5.84. The molecule has 138 valence electrons. The van der Waals surface area contributed by atoms with Crippen molar-refractivity contribution in [2.24, 2.45) is 0 Å². The Bertz CT molecular complexity index is 1200. The molecular formula is C19H13N5O4. The fourth-order valence-electron chi connectivity index (χ4n) is 2.94. The maximum absolute atomic E-state index is 11.6. The number of benzene rings is 3. The van der Waals surface area contributed by atoms with E-state index >= 15 is 0 Å². The van der Waals surface area contributed by atoms with E-state index in [1.54, 1.807) is 10.7 Å². The van der Waals surface area contributed by atoms with Crippen LogP contribution in [0.5, 0.6) is 0 Å². The zero-order valence-electron chi connectivity index (χ0n) is 14.4. The third-order valence-electron chi connectivity index (χ3n) is 4.21. The minimum Gasteiger partial charge on any atom is -0.292 e. The lowest BCUT2D eigenvalue weighted by molar-refractivity contribution is -0.393. The molecule has 0 atom stereocenters. The lowest BCUT2D eigenvalue weighted by Gasteiger charge is -2.12. The Balaban J connectivity index is 1.95. The predicted octanol–water partition coefficient (Wildman–Crippen LogP) is 4.39. The number of imidazole rings is 1. The quantitative estimate of drug-likeness (QED) is 0.408. The van der Waals surface area contributed by atoms with Crippen LogP contribution in [0.15, 0.2) is 72.8 Å². The SMILES string of the molecule is O=[N+]([O-])c1ccc(-c2nc3ccccc3n2Nc2ccccc2)c([N+](=O)[O-])c1. The molecule has 0 unspecified atom stereocenters. The molecule has 9 nitrogen and oxygen atoms in total. The number of nitrogens with one attached hydrogen (secondary N) is 1. The minimum atomic E-state index is -0.665. The Morgan fingerprint density at radius 1 is 0.857 bits per heavy atom. The second kappa shape index (κ2) is 6.80. The Morgan fingerprint density at radius 3 is 2.29 bits per heavy atom. The summed E-state index contributed by atoms with van der Waals surface area (Å²) in [6.45, 7) is 0. The van der Waals surface area contributed by atoms with E-state index in [0.29, 0.717) is 11.0 Å². The largest absolute Gasteiger partial charge is 0.292 e. The number of aromatic nitrogens is 2. The van der Waals surface area contributed by atoms with Crippen LogP contribution in [0.25, 0.3) is 22.4 Å². The van der Waals surface area contributed by atoms with E-state index in [4.69, 9.17) is 0 Å². The molecule has 4 aromatic rings. The van der Waals surface area contributed by atoms with Crippen LogP contribution in [0.4, 0.5) is 17.1 Å². The van der Waals surface area contributed by atoms with Crippen molar-refractivity contribution >= 4 is 28.1 Å². The van der Waals surface area contributed by atoms with Crippen molar-refractivity contribution in [1.82, 2.24) is 9.66 Å². The van der Waals surface area contributed by atoms with E-state index in [2.05, 4.69) is 10.4 Å². The first-order valence-corrected chi connectivity index (χ1v) is 8.27. The van der Waals surface area contributed by atoms with Gasteiger partial charge in [0.1, 0.15) is 0 Å². The molecule has 0 fully saturated rings. The highest BCUT2D eigenvalue weighted by Crippen LogP contribution is 2.34. The van der Waals surface area contributed by atoms with Gasteiger partial charge in [-0.1, -0.05) is 30.3 Å². The average Bonchev–Trinajstić information content (AvgIpc) is 3.06. The van der Waals surface area contributed by atoms with Crippen LogP contribution in [0.2, 0.25) is 0 Å². The molecule has 1 N–H and O–H groups in total. The van der Waals surface area contributed by atoms with Crippen molar-refractivity contribution in [3.63, 3.8) is 0 Å². The van der Waals surface area contributed by atoms with E-state index < -0.39 is 9.85 Å². The third kappa shape index (κ3) is 3.01. The summed E-state index contributed by atoms with van der Waals surface area (Å²) in [7, 11) is 0. The van der Waals surface area contributed by atoms with Crippen molar-refractivity contribution in [1.29, 1.82) is 0 Å². The van der Waals surface area contributed by atoms with Gasteiger partial charge in [0, 0.05) is 6.07 Å². The zero-order valence-corrected chi connectivity index (χ0v) is 14.4. The van der Waals surface area contributed by atoms with Gasteiger partial charge in [-0.2, -0.15) is 0 Å². The number of hydrogen-bond donors (Lipinski definition) is 1. The van der Waals surface area contributed by atoms with Gasteiger partial charge in [0.15, 0.2) is 5.82 Å². The summed E-state index contributed by atoms with van der Waals surface area (Å²) < 4.78 is 1.64. The van der Waals surface area contributed by atoms with Gasteiger partial charge in [-0.15, -0.1) is 0 Å². The minimum absolute atomic E-state index is 0.176. The molecule has 0 saturated heterocycles. The van der Waals surface area contributed by atoms with Crippen LogP contribution in [0.1, 0.15) is 0 Å². The predicted molar refractivity (Wildman–Crippen MR) is 104 cm³/mol. The normalized spacial score (nSPS) is 10.7. The van der Waals surface area contributed by atoms with Crippen LogP contribution < -0.4 is 5.43 Å². The van der Waals surface area contributed by atoms with E-state index in [1.165, 1.54) is 12.1 Å². The smallest absolute Gasteiger partial charge is 0.287 e. The number of rotatable bonds is 5. The van der Waals surface area contributed by atoms with Gasteiger partial charge in [0.25, 0.3) is 11.4 Å². The molecule has 28 heavy (non-hydrogen) atoms. The van der Waals surface area contributed by atoms with E-state index in [0.717, 1.165) is 11.8 Å². The molecule has 0 amide bonds. The number of anilines is 1. The molecule has 1 aromatic heterocycles. The van der Waals surface area contributed by atoms with Crippen molar-refractivity contribution in [2.45, 2.75) is 0 Å². The summed E-state index contributed by atoms with van der Waals surface area (Å²) in [4.78, 5) is 25.8. The van der Waals surface area contributed by atoms with Crippen molar-refractivity contribution < 1.29 is 9.85 Å². The molecule has 3 aromatic carbocycles. The number of hydrogen-bond acceptors (Lipinski definition) is 6. The fourth-order valence-corrected chi connectivity index (χ4v) is 2.94. The van der Waals surface area contributed by atoms with Crippen molar-refractivity contribution in [2.75, 3.05) is 5.43 Å². The van der Waals surface area contributed by atoms with Gasteiger partial charge in [-0.25, -0.2) is 9.66 Å². The molecule has 0 spiro atoms. The molecule has 0 saturated carbocycles. The zero-order chi connectivity index (χ0) is 19.7. The van der Waals surface area contributed by atoms with Crippen LogP contribution in [0, 0.1) is 20.2 Å². The van der Waals surface area contributed by atoms with Gasteiger partial charge in [-0.3, -0.25) is 25.7 Å². The first kappa shape index (κ1) is 17.2. The maximum atomic E-state index is 11.6. The molecule has 0 aliphatic heterocycles. The van der Waals surface area contributed by atoms with Crippen molar-refractivity contribution in [3.8, 4) is 11.4 Å². The van der Waals surface area contributed by atoms with Gasteiger partial charge >= 0.3 is 0 Å². The number of nitro groups is 2. The number of nitrogens with zero attached hydrogens (tertiary/aromatic N) is 4. The van der Waals surface area contributed by atoms with E-state index in [9.17, 15) is 20.2 Å². The van der Waals surface area contributed by atoms with E-state index in [-0.39, 0.29) is 22.8 Å². The van der Waals surface area contributed by atoms with Crippen LogP contribution >= 0.6 is 0 Å². The first-order chi connectivity index (χ1) is 13.5. The number of para-hydroxylation sites is 3. The molecular weight excluding hydrogens is 362 g/mol. The Hall–Kier alpha value is -4.27. The van der Waals surface area contributed by atoms with Crippen molar-refractivity contribution in [3.05, 3.63) is 93.0 Å². The van der Waals surface area contributed by atoms with Gasteiger partial charge in [0.2, 0.25) is 0 Å². The Kier molecular flexibility index (Phi) is 4.17. The molecule has 0 radical (unpaired) electrons. The lowest BCUT2D eigenvalue weighted by Crippen LogP contribution is -2.11. The van der Waals surface area contributed by atoms with Crippen LogP contribution in [-0.4, -0.2) is 19.5 Å². The molecule has 9 heteroatoms. The Labute approximate surface area is 158 Å². The summed E-state index contributed by atoms with van der Waals surface area (Å²) >= 11 is 0. The first-order valence-electron chi connectivity index (χ1n) is 8.27. The molecule has 0 aliphatic carbocycles. The highest BCUT2D eigenvalue weighted by atomic mass is 16.6.